The van der Waals surface area contributed by atoms with E-state index in [0.717, 1.165) is 12.0 Å². The predicted octanol–water partition coefficient (Wildman–Crippen LogP) is 2.44. The maximum Gasteiger partial charge on any atom is 0.322 e. The van der Waals surface area contributed by atoms with Crippen molar-refractivity contribution in [3.63, 3.8) is 0 Å². The molecule has 0 saturated carbocycles. The van der Waals surface area contributed by atoms with Crippen molar-refractivity contribution < 1.29 is 19.5 Å². The number of anilines is 1. The zero-order chi connectivity index (χ0) is 18.1. The van der Waals surface area contributed by atoms with Gasteiger partial charge in [0.1, 0.15) is 6.54 Å². The molecule has 0 aliphatic heterocycles. The van der Waals surface area contributed by atoms with E-state index in [1.165, 1.54) is 0 Å². The number of carbonyl (C=O) groups excluding carboxylic acids is 2. The van der Waals surface area contributed by atoms with E-state index in [-0.39, 0.29) is 24.8 Å². The molecule has 1 unspecified atom stereocenters. The van der Waals surface area contributed by atoms with Crippen LogP contribution in [0.3, 0.4) is 0 Å². The monoisotopic (exact) mass is 334 g/mol. The van der Waals surface area contributed by atoms with Crippen molar-refractivity contribution in [2.75, 3.05) is 11.9 Å². The minimum Gasteiger partial charge on any atom is -0.480 e. The second kappa shape index (κ2) is 9.70. The van der Waals surface area contributed by atoms with Gasteiger partial charge >= 0.3 is 5.97 Å². The van der Waals surface area contributed by atoms with Gasteiger partial charge in [-0.15, -0.1) is 0 Å². The van der Waals surface area contributed by atoms with E-state index in [1.807, 2.05) is 0 Å². The summed E-state index contributed by atoms with van der Waals surface area (Å²) in [5.41, 5.74) is 1.44. The van der Waals surface area contributed by atoms with Crippen LogP contribution in [0.1, 0.15) is 39.2 Å². The van der Waals surface area contributed by atoms with E-state index < -0.39 is 5.97 Å². The molecule has 6 nitrogen and oxygen atoms in total. The van der Waals surface area contributed by atoms with Gasteiger partial charge in [0.15, 0.2) is 0 Å². The van der Waals surface area contributed by atoms with Crippen LogP contribution in [-0.4, -0.2) is 29.4 Å². The lowest BCUT2D eigenvalue weighted by molar-refractivity contribution is -0.137. The van der Waals surface area contributed by atoms with Crippen molar-refractivity contribution in [1.82, 2.24) is 5.32 Å². The van der Waals surface area contributed by atoms with Gasteiger partial charge in [-0.25, -0.2) is 0 Å². The Kier molecular flexibility index (Phi) is 7.95. The van der Waals surface area contributed by atoms with Crippen LogP contribution in [-0.2, 0) is 20.8 Å². The van der Waals surface area contributed by atoms with Crippen molar-refractivity contribution >= 4 is 23.5 Å². The summed E-state index contributed by atoms with van der Waals surface area (Å²) in [6, 6.07) is 6.98. The molecule has 3 N–H and O–H groups in total. The number of rotatable bonds is 9. The highest BCUT2D eigenvalue weighted by molar-refractivity contribution is 5.91. The quantitative estimate of drug-likeness (QED) is 0.646. The Morgan fingerprint density at radius 1 is 1.08 bits per heavy atom. The van der Waals surface area contributed by atoms with Crippen LogP contribution in [0.5, 0.6) is 0 Å². The van der Waals surface area contributed by atoms with Crippen molar-refractivity contribution in [2.45, 2.75) is 40.0 Å². The molecule has 0 aromatic heterocycles. The third kappa shape index (κ3) is 7.26. The minimum absolute atomic E-state index is 0.0116. The zero-order valence-electron chi connectivity index (χ0n) is 14.5. The molecule has 0 saturated heterocycles. The first kappa shape index (κ1) is 19.7. The largest absolute Gasteiger partial charge is 0.480 e. The summed E-state index contributed by atoms with van der Waals surface area (Å²) in [7, 11) is 0. The van der Waals surface area contributed by atoms with Crippen molar-refractivity contribution in [3.05, 3.63) is 29.8 Å². The Morgan fingerprint density at radius 2 is 1.71 bits per heavy atom. The molecule has 0 aliphatic rings. The Labute approximate surface area is 142 Å². The molecule has 0 radical (unpaired) electrons. The van der Waals surface area contributed by atoms with Gasteiger partial charge in [0.05, 0.1) is 6.42 Å². The number of hydrogen-bond donors (Lipinski definition) is 3. The first-order valence-electron chi connectivity index (χ1n) is 8.19. The van der Waals surface area contributed by atoms with Gasteiger partial charge < -0.3 is 15.7 Å². The van der Waals surface area contributed by atoms with Crippen LogP contribution in [0.15, 0.2) is 24.3 Å². The van der Waals surface area contributed by atoms with Gasteiger partial charge in [-0.2, -0.15) is 0 Å². The van der Waals surface area contributed by atoms with E-state index in [2.05, 4.69) is 31.4 Å². The summed E-state index contributed by atoms with van der Waals surface area (Å²) in [5, 5.41) is 13.7. The number of amides is 2. The van der Waals surface area contributed by atoms with Gasteiger partial charge in [-0.1, -0.05) is 39.3 Å². The van der Waals surface area contributed by atoms with Gasteiger partial charge in [-0.05, 0) is 29.5 Å². The average Bonchev–Trinajstić information content (AvgIpc) is 2.52. The van der Waals surface area contributed by atoms with Gasteiger partial charge in [0.2, 0.25) is 11.8 Å². The number of carbonyl (C=O) groups is 3. The Balaban J connectivity index is 2.51. The fourth-order valence-corrected chi connectivity index (χ4v) is 2.43. The number of benzene rings is 1. The lowest BCUT2D eigenvalue weighted by Gasteiger charge is -2.18. The second-order valence-electron chi connectivity index (χ2n) is 6.21. The van der Waals surface area contributed by atoms with E-state index in [1.54, 1.807) is 24.3 Å². The van der Waals surface area contributed by atoms with E-state index in [0.29, 0.717) is 23.9 Å². The van der Waals surface area contributed by atoms with Crippen LogP contribution in [0.4, 0.5) is 5.69 Å². The molecule has 0 heterocycles. The van der Waals surface area contributed by atoms with E-state index >= 15 is 0 Å². The molecule has 1 aromatic rings. The third-order valence-corrected chi connectivity index (χ3v) is 3.95. The molecule has 0 bridgehead atoms. The summed E-state index contributed by atoms with van der Waals surface area (Å²) in [6.07, 6.45) is 1.57. The standard InChI is InChI=1S/C18H26N2O4/c1-4-14(12(2)3)10-17(22)20-15-7-5-13(6-8-15)9-16(21)19-11-18(23)24/h5-8,12,14H,4,9-11H2,1-3H3,(H,19,21)(H,20,22)(H,23,24). The molecule has 2 amide bonds. The van der Waals surface area contributed by atoms with Gasteiger partial charge in [0, 0.05) is 12.1 Å². The number of carboxylic acids is 1. The summed E-state index contributed by atoms with van der Waals surface area (Å²) in [6.45, 7) is 5.93. The maximum atomic E-state index is 12.1. The lowest BCUT2D eigenvalue weighted by atomic mass is 9.90. The predicted molar refractivity (Wildman–Crippen MR) is 92.7 cm³/mol. The first-order chi connectivity index (χ1) is 11.3. The zero-order valence-corrected chi connectivity index (χ0v) is 14.5. The molecule has 6 heteroatoms. The average molecular weight is 334 g/mol. The highest BCUT2D eigenvalue weighted by Gasteiger charge is 2.15. The molecular weight excluding hydrogens is 308 g/mol. The SMILES string of the molecule is CCC(CC(=O)Nc1ccc(CC(=O)NCC(=O)O)cc1)C(C)C. The van der Waals surface area contributed by atoms with E-state index in [9.17, 15) is 14.4 Å². The molecule has 0 aliphatic carbocycles. The summed E-state index contributed by atoms with van der Waals surface area (Å²) in [4.78, 5) is 34.0. The van der Waals surface area contributed by atoms with Gasteiger partial charge in [0.25, 0.3) is 0 Å². The van der Waals surface area contributed by atoms with Crippen molar-refractivity contribution in [2.24, 2.45) is 11.8 Å². The van der Waals surface area contributed by atoms with Crippen LogP contribution >= 0.6 is 0 Å². The second-order valence-corrected chi connectivity index (χ2v) is 6.21. The topological polar surface area (TPSA) is 95.5 Å². The Hall–Kier alpha value is -2.37. The van der Waals surface area contributed by atoms with Crippen LogP contribution < -0.4 is 10.6 Å². The Morgan fingerprint density at radius 3 is 2.21 bits per heavy atom. The summed E-state index contributed by atoms with van der Waals surface area (Å²) < 4.78 is 0. The molecule has 1 rings (SSSR count). The normalized spacial score (nSPS) is 11.8. The molecule has 0 fully saturated rings. The van der Waals surface area contributed by atoms with Crippen LogP contribution in [0.2, 0.25) is 0 Å². The fraction of sp³-hybridized carbons (Fsp3) is 0.500. The summed E-state index contributed by atoms with van der Waals surface area (Å²) >= 11 is 0. The first-order valence-corrected chi connectivity index (χ1v) is 8.19. The molecule has 24 heavy (non-hydrogen) atoms. The number of hydrogen-bond acceptors (Lipinski definition) is 3. The smallest absolute Gasteiger partial charge is 0.322 e. The number of carboxylic acid groups (broad SMARTS) is 1. The van der Waals surface area contributed by atoms with Gasteiger partial charge in [-0.3, -0.25) is 14.4 Å². The van der Waals surface area contributed by atoms with E-state index in [4.69, 9.17) is 5.11 Å². The highest BCUT2D eigenvalue weighted by Crippen LogP contribution is 2.20. The lowest BCUT2D eigenvalue weighted by Crippen LogP contribution is -2.30. The molecular formula is C18H26N2O4. The molecule has 0 spiro atoms. The highest BCUT2D eigenvalue weighted by atomic mass is 16.4. The molecule has 132 valence electrons. The number of nitrogens with one attached hydrogen (secondary N) is 2. The molecule has 1 aromatic carbocycles. The maximum absolute atomic E-state index is 12.1. The number of aliphatic carboxylic acids is 1. The third-order valence-electron chi connectivity index (χ3n) is 3.95. The fourth-order valence-electron chi connectivity index (χ4n) is 2.43. The van der Waals surface area contributed by atoms with Crippen molar-refractivity contribution in [3.8, 4) is 0 Å². The van der Waals surface area contributed by atoms with Crippen LogP contribution in [0.25, 0.3) is 0 Å². The van der Waals surface area contributed by atoms with Crippen LogP contribution in [0, 0.1) is 11.8 Å². The minimum atomic E-state index is -1.08. The molecule has 1 atom stereocenters. The van der Waals surface area contributed by atoms with Crippen molar-refractivity contribution in [1.29, 1.82) is 0 Å². The Bertz CT molecular complexity index is 567. The summed E-state index contributed by atoms with van der Waals surface area (Å²) in [5.74, 6) is -0.609.